The fourth-order valence-electron chi connectivity index (χ4n) is 1.81. The van der Waals surface area contributed by atoms with Crippen molar-refractivity contribution in [2.75, 3.05) is 11.9 Å². The Morgan fingerprint density at radius 2 is 1.88 bits per heavy atom. The van der Waals surface area contributed by atoms with Gasteiger partial charge in [0.15, 0.2) is 6.61 Å². The minimum Gasteiger partial charge on any atom is -0.452 e. The van der Waals surface area contributed by atoms with E-state index in [1.165, 1.54) is 30.3 Å². The predicted molar refractivity (Wildman–Crippen MR) is 83.4 cm³/mol. The Kier molecular flexibility index (Phi) is 6.08. The highest BCUT2D eigenvalue weighted by Crippen LogP contribution is 2.21. The summed E-state index contributed by atoms with van der Waals surface area (Å²) < 4.78 is 33.6. The number of hydrogen-bond donors (Lipinski definition) is 1. The largest absolute Gasteiger partial charge is 0.452 e. The van der Waals surface area contributed by atoms with E-state index in [2.05, 4.69) is 10.1 Å². The van der Waals surface area contributed by atoms with Gasteiger partial charge in [0.1, 0.15) is 11.3 Å². The quantitative estimate of drug-likeness (QED) is 0.802. The minimum absolute atomic E-state index is 0.201. The van der Waals surface area contributed by atoms with Crippen LogP contribution in [0.4, 0.5) is 14.5 Å². The third kappa shape index (κ3) is 5.20. The van der Waals surface area contributed by atoms with Crippen LogP contribution in [-0.4, -0.2) is 25.1 Å². The van der Waals surface area contributed by atoms with Gasteiger partial charge in [0.2, 0.25) is 0 Å². The number of anilines is 1. The van der Waals surface area contributed by atoms with Crippen LogP contribution in [0.2, 0.25) is 5.02 Å². The summed E-state index contributed by atoms with van der Waals surface area (Å²) >= 11 is 5.78. The van der Waals surface area contributed by atoms with Crippen molar-refractivity contribution in [1.82, 2.24) is 0 Å². The van der Waals surface area contributed by atoms with Crippen LogP contribution >= 0.6 is 11.6 Å². The normalized spacial score (nSPS) is 10.3. The van der Waals surface area contributed by atoms with Crippen LogP contribution in [0.25, 0.3) is 0 Å². The Morgan fingerprint density at radius 3 is 2.58 bits per heavy atom. The molecule has 8 heteroatoms. The van der Waals surface area contributed by atoms with E-state index in [0.29, 0.717) is 10.7 Å². The molecule has 2 aromatic carbocycles. The molecule has 0 unspecified atom stereocenters. The fraction of sp³-hybridized carbons (Fsp3) is 0.125. The van der Waals surface area contributed by atoms with Crippen LogP contribution in [0.3, 0.4) is 0 Å². The molecule has 0 bridgehead atoms. The minimum atomic E-state index is -3.08. The number of para-hydroxylation sites is 1. The summed E-state index contributed by atoms with van der Waals surface area (Å²) in [6, 6.07) is 11.8. The van der Waals surface area contributed by atoms with Crippen LogP contribution in [-0.2, 0) is 9.53 Å². The molecule has 0 heterocycles. The van der Waals surface area contributed by atoms with Crippen LogP contribution in [0.5, 0.6) is 5.75 Å². The van der Waals surface area contributed by atoms with E-state index >= 15 is 0 Å². The van der Waals surface area contributed by atoms with Gasteiger partial charge in [-0.25, -0.2) is 4.79 Å². The van der Waals surface area contributed by atoms with E-state index in [1.54, 1.807) is 18.2 Å². The van der Waals surface area contributed by atoms with Gasteiger partial charge in [0.05, 0.1) is 0 Å². The van der Waals surface area contributed by atoms with E-state index in [9.17, 15) is 18.4 Å². The highest BCUT2D eigenvalue weighted by molar-refractivity contribution is 6.30. The van der Waals surface area contributed by atoms with Crippen molar-refractivity contribution in [2.24, 2.45) is 0 Å². The average Bonchev–Trinajstić information content (AvgIpc) is 2.52. The number of benzene rings is 2. The number of ether oxygens (including phenoxy) is 2. The van der Waals surface area contributed by atoms with Gasteiger partial charge in [0, 0.05) is 10.7 Å². The molecular formula is C16H12ClF2NO4. The Bertz CT molecular complexity index is 740. The lowest BCUT2D eigenvalue weighted by Gasteiger charge is -2.10. The number of carbonyl (C=O) groups excluding carboxylic acids is 2. The summed E-state index contributed by atoms with van der Waals surface area (Å²) in [7, 11) is 0. The molecule has 0 aliphatic carbocycles. The Morgan fingerprint density at radius 1 is 1.12 bits per heavy atom. The highest BCUT2D eigenvalue weighted by Gasteiger charge is 2.17. The topological polar surface area (TPSA) is 64.6 Å². The van der Waals surface area contributed by atoms with Crippen molar-refractivity contribution in [1.29, 1.82) is 0 Å². The van der Waals surface area contributed by atoms with Gasteiger partial charge in [-0.3, -0.25) is 4.79 Å². The zero-order valence-electron chi connectivity index (χ0n) is 12.2. The summed E-state index contributed by atoms with van der Waals surface area (Å²) in [5.74, 6) is -1.88. The van der Waals surface area contributed by atoms with E-state index in [4.69, 9.17) is 16.3 Å². The van der Waals surface area contributed by atoms with Crippen molar-refractivity contribution in [3.8, 4) is 5.75 Å². The first-order valence-electron chi connectivity index (χ1n) is 6.72. The summed E-state index contributed by atoms with van der Waals surface area (Å²) in [6.45, 7) is -3.67. The molecule has 2 aromatic rings. The maximum absolute atomic E-state index is 12.3. The monoisotopic (exact) mass is 355 g/mol. The maximum atomic E-state index is 12.3. The molecule has 1 N–H and O–H groups in total. The molecule has 0 aliphatic rings. The highest BCUT2D eigenvalue weighted by atomic mass is 35.5. The molecule has 0 aliphatic heterocycles. The number of amides is 1. The van der Waals surface area contributed by atoms with E-state index in [1.807, 2.05) is 0 Å². The van der Waals surface area contributed by atoms with Crippen LogP contribution in [0, 0.1) is 0 Å². The molecular weight excluding hydrogens is 344 g/mol. The molecule has 126 valence electrons. The van der Waals surface area contributed by atoms with Crippen molar-refractivity contribution >= 4 is 29.2 Å². The molecule has 0 aromatic heterocycles. The van der Waals surface area contributed by atoms with Gasteiger partial charge in [-0.05, 0) is 30.3 Å². The molecule has 5 nitrogen and oxygen atoms in total. The second kappa shape index (κ2) is 8.26. The molecule has 0 saturated heterocycles. The lowest BCUT2D eigenvalue weighted by molar-refractivity contribution is -0.119. The summed E-state index contributed by atoms with van der Waals surface area (Å²) in [6.07, 6.45) is 0. The average molecular weight is 356 g/mol. The zero-order valence-corrected chi connectivity index (χ0v) is 12.9. The van der Waals surface area contributed by atoms with Gasteiger partial charge in [-0.15, -0.1) is 0 Å². The SMILES string of the molecule is O=C(COC(=O)c1ccccc1OC(F)F)Nc1cccc(Cl)c1. The molecule has 0 atom stereocenters. The summed E-state index contributed by atoms with van der Waals surface area (Å²) in [5, 5.41) is 2.92. The molecule has 2 rings (SSSR count). The fourth-order valence-corrected chi connectivity index (χ4v) is 2.00. The number of rotatable bonds is 6. The molecule has 0 spiro atoms. The lowest BCUT2D eigenvalue weighted by Crippen LogP contribution is -2.21. The standard InChI is InChI=1S/C16H12ClF2NO4/c17-10-4-3-5-11(8-10)20-14(21)9-23-15(22)12-6-1-2-7-13(12)24-16(18)19/h1-8,16H,9H2,(H,20,21). The van der Waals surface area contributed by atoms with Crippen LogP contribution in [0.15, 0.2) is 48.5 Å². The van der Waals surface area contributed by atoms with E-state index < -0.39 is 25.1 Å². The second-order valence-electron chi connectivity index (χ2n) is 4.51. The third-order valence-corrected chi connectivity index (χ3v) is 3.00. The number of halogens is 3. The molecule has 0 fully saturated rings. The van der Waals surface area contributed by atoms with Crippen LogP contribution in [0.1, 0.15) is 10.4 Å². The lowest BCUT2D eigenvalue weighted by atomic mass is 10.2. The molecule has 0 saturated carbocycles. The molecule has 0 radical (unpaired) electrons. The van der Waals surface area contributed by atoms with E-state index in [0.717, 1.165) is 0 Å². The van der Waals surface area contributed by atoms with E-state index in [-0.39, 0.29) is 11.3 Å². The first kappa shape index (κ1) is 17.7. The van der Waals surface area contributed by atoms with Gasteiger partial charge in [-0.1, -0.05) is 29.8 Å². The Balaban J connectivity index is 1.94. The molecule has 24 heavy (non-hydrogen) atoms. The first-order chi connectivity index (χ1) is 11.5. The number of nitrogens with one attached hydrogen (secondary N) is 1. The molecule has 1 amide bonds. The maximum Gasteiger partial charge on any atom is 0.387 e. The third-order valence-electron chi connectivity index (χ3n) is 2.77. The van der Waals surface area contributed by atoms with Crippen molar-refractivity contribution in [3.63, 3.8) is 0 Å². The number of hydrogen-bond acceptors (Lipinski definition) is 4. The zero-order chi connectivity index (χ0) is 17.5. The van der Waals surface area contributed by atoms with Gasteiger partial charge in [-0.2, -0.15) is 8.78 Å². The predicted octanol–water partition coefficient (Wildman–Crippen LogP) is 3.74. The van der Waals surface area contributed by atoms with Gasteiger partial charge < -0.3 is 14.8 Å². The summed E-state index contributed by atoms with van der Waals surface area (Å²) in [5.41, 5.74) is 0.235. The van der Waals surface area contributed by atoms with Crippen molar-refractivity contribution in [2.45, 2.75) is 6.61 Å². The number of carbonyl (C=O) groups is 2. The van der Waals surface area contributed by atoms with Crippen molar-refractivity contribution < 1.29 is 27.8 Å². The van der Waals surface area contributed by atoms with Gasteiger partial charge in [0.25, 0.3) is 5.91 Å². The first-order valence-corrected chi connectivity index (χ1v) is 7.10. The Hall–Kier alpha value is -2.67. The van der Waals surface area contributed by atoms with Crippen molar-refractivity contribution in [3.05, 3.63) is 59.1 Å². The number of esters is 1. The smallest absolute Gasteiger partial charge is 0.387 e. The number of alkyl halides is 2. The van der Waals surface area contributed by atoms with Gasteiger partial charge >= 0.3 is 12.6 Å². The summed E-state index contributed by atoms with van der Waals surface area (Å²) in [4.78, 5) is 23.6. The second-order valence-corrected chi connectivity index (χ2v) is 4.95. The Labute approximate surface area is 141 Å². The van der Waals surface area contributed by atoms with Crippen LogP contribution < -0.4 is 10.1 Å².